The Morgan fingerprint density at radius 1 is 0.464 bits per heavy atom. The first kappa shape index (κ1) is 45.6. The SMILES string of the molecule is CNc1ccc(/C=C/c2ccc(OCCOCCOCCF)cc2)cc1.CNc1ccc(/C=C/c2ccc(OCCOCCOCCOS(C)(=O)=O)cc2)cc1. The van der Waals surface area contributed by atoms with E-state index >= 15 is 0 Å². The van der Waals surface area contributed by atoms with Crippen LogP contribution in [0.2, 0.25) is 0 Å². The molecule has 0 aliphatic rings. The monoisotopic (exact) mass is 794 g/mol. The number of halogens is 1. The molecule has 0 aliphatic carbocycles. The van der Waals surface area contributed by atoms with Crippen molar-refractivity contribution in [3.05, 3.63) is 119 Å². The van der Waals surface area contributed by atoms with Crippen LogP contribution in [0.25, 0.3) is 24.3 Å². The fraction of sp³-hybridized carbons (Fsp3) is 0.349. The summed E-state index contributed by atoms with van der Waals surface area (Å²) < 4.78 is 70.1. The third-order valence-electron chi connectivity index (χ3n) is 7.58. The number of alkyl halides is 1. The molecule has 0 bridgehead atoms. The summed E-state index contributed by atoms with van der Waals surface area (Å²) in [5.74, 6) is 1.58. The minimum atomic E-state index is -3.41. The van der Waals surface area contributed by atoms with Crippen LogP contribution in [-0.2, 0) is 33.2 Å². The van der Waals surface area contributed by atoms with Gasteiger partial charge < -0.3 is 39.1 Å². The molecular weight excluding hydrogens is 740 g/mol. The molecule has 0 fully saturated rings. The highest BCUT2D eigenvalue weighted by atomic mass is 32.2. The maximum atomic E-state index is 11.8. The van der Waals surface area contributed by atoms with Gasteiger partial charge in [0.2, 0.25) is 0 Å². The summed E-state index contributed by atoms with van der Waals surface area (Å²) in [5, 5.41) is 6.20. The summed E-state index contributed by atoms with van der Waals surface area (Å²) in [6.45, 7) is 3.32. The van der Waals surface area contributed by atoms with Gasteiger partial charge in [-0.1, -0.05) is 72.8 Å². The zero-order valence-electron chi connectivity index (χ0n) is 32.5. The van der Waals surface area contributed by atoms with Crippen LogP contribution in [-0.4, -0.2) is 108 Å². The van der Waals surface area contributed by atoms with E-state index in [4.69, 9.17) is 28.4 Å². The Labute approximate surface area is 331 Å². The van der Waals surface area contributed by atoms with Gasteiger partial charge in [0.05, 0.1) is 65.7 Å². The lowest BCUT2D eigenvalue weighted by atomic mass is 10.1. The summed E-state index contributed by atoms with van der Waals surface area (Å²) >= 11 is 0. The minimum Gasteiger partial charge on any atom is -0.491 e. The zero-order chi connectivity index (χ0) is 40.1. The van der Waals surface area contributed by atoms with Gasteiger partial charge in [-0.25, -0.2) is 4.39 Å². The fourth-order valence-electron chi connectivity index (χ4n) is 4.64. The van der Waals surface area contributed by atoms with Crippen LogP contribution >= 0.6 is 0 Å². The predicted octanol–water partition coefficient (Wildman–Crippen LogP) is 7.57. The molecule has 304 valence electrons. The van der Waals surface area contributed by atoms with Crippen LogP contribution < -0.4 is 20.1 Å². The van der Waals surface area contributed by atoms with Crippen LogP contribution in [0.1, 0.15) is 22.3 Å². The number of anilines is 2. The summed E-state index contributed by atoms with van der Waals surface area (Å²) in [5.41, 5.74) is 6.67. The van der Waals surface area contributed by atoms with Gasteiger partial charge in [0.1, 0.15) is 31.4 Å². The van der Waals surface area contributed by atoms with Gasteiger partial charge >= 0.3 is 0 Å². The lowest BCUT2D eigenvalue weighted by Crippen LogP contribution is -2.14. The van der Waals surface area contributed by atoms with Crippen molar-refractivity contribution in [1.82, 2.24) is 0 Å². The van der Waals surface area contributed by atoms with Gasteiger partial charge in [-0.05, 0) is 70.8 Å². The molecule has 0 saturated carbocycles. The molecule has 4 aromatic rings. The fourth-order valence-corrected chi connectivity index (χ4v) is 5.01. The molecule has 0 aliphatic heterocycles. The summed E-state index contributed by atoms with van der Waals surface area (Å²) in [7, 11) is 0.397. The van der Waals surface area contributed by atoms with Crippen molar-refractivity contribution >= 4 is 45.8 Å². The number of benzene rings is 4. The molecule has 56 heavy (non-hydrogen) atoms. The van der Waals surface area contributed by atoms with Gasteiger partial charge in [-0.15, -0.1) is 0 Å². The molecule has 0 saturated heterocycles. The van der Waals surface area contributed by atoms with Crippen molar-refractivity contribution in [3.8, 4) is 11.5 Å². The Morgan fingerprint density at radius 3 is 1.09 bits per heavy atom. The van der Waals surface area contributed by atoms with Gasteiger partial charge in [-0.3, -0.25) is 4.18 Å². The van der Waals surface area contributed by atoms with Crippen LogP contribution in [0.4, 0.5) is 15.8 Å². The van der Waals surface area contributed by atoms with Crippen molar-refractivity contribution in [3.63, 3.8) is 0 Å². The molecule has 0 amide bonds. The first-order chi connectivity index (χ1) is 27.3. The molecule has 0 spiro atoms. The Kier molecular flexibility index (Phi) is 22.6. The van der Waals surface area contributed by atoms with Crippen LogP contribution in [0.3, 0.4) is 0 Å². The van der Waals surface area contributed by atoms with Crippen molar-refractivity contribution in [2.24, 2.45) is 0 Å². The number of hydrogen-bond acceptors (Lipinski definition) is 11. The maximum absolute atomic E-state index is 11.8. The Balaban J connectivity index is 0.000000303. The molecule has 0 aromatic heterocycles. The van der Waals surface area contributed by atoms with Crippen molar-refractivity contribution in [2.75, 3.05) is 110 Å². The second kappa shape index (κ2) is 27.8. The van der Waals surface area contributed by atoms with E-state index in [1.54, 1.807) is 0 Å². The third-order valence-corrected chi connectivity index (χ3v) is 8.17. The molecule has 0 unspecified atom stereocenters. The second-order valence-electron chi connectivity index (χ2n) is 11.9. The van der Waals surface area contributed by atoms with Crippen molar-refractivity contribution < 1.29 is 45.4 Å². The maximum Gasteiger partial charge on any atom is 0.264 e. The molecule has 11 nitrogen and oxygen atoms in total. The highest BCUT2D eigenvalue weighted by Gasteiger charge is 2.01. The van der Waals surface area contributed by atoms with Crippen LogP contribution in [0.5, 0.6) is 11.5 Å². The van der Waals surface area contributed by atoms with Crippen molar-refractivity contribution in [1.29, 1.82) is 0 Å². The Bertz CT molecular complexity index is 1770. The molecule has 0 heterocycles. The van der Waals surface area contributed by atoms with E-state index in [2.05, 4.69) is 63.4 Å². The molecule has 13 heteroatoms. The highest BCUT2D eigenvalue weighted by molar-refractivity contribution is 7.85. The molecule has 0 atom stereocenters. The largest absolute Gasteiger partial charge is 0.491 e. The highest BCUT2D eigenvalue weighted by Crippen LogP contribution is 2.17. The smallest absolute Gasteiger partial charge is 0.264 e. The first-order valence-corrected chi connectivity index (χ1v) is 20.2. The van der Waals surface area contributed by atoms with E-state index in [0.717, 1.165) is 51.4 Å². The summed E-state index contributed by atoms with van der Waals surface area (Å²) in [6.07, 6.45) is 9.28. The topological polar surface area (TPSA) is 123 Å². The normalized spacial score (nSPS) is 11.4. The first-order valence-electron chi connectivity index (χ1n) is 18.4. The van der Waals surface area contributed by atoms with Crippen molar-refractivity contribution in [2.45, 2.75) is 0 Å². The third kappa shape index (κ3) is 21.4. The number of hydrogen-bond donors (Lipinski definition) is 2. The minimum absolute atomic E-state index is 0.00967. The predicted molar refractivity (Wildman–Crippen MR) is 224 cm³/mol. The Morgan fingerprint density at radius 2 is 0.768 bits per heavy atom. The molecule has 0 radical (unpaired) electrons. The zero-order valence-corrected chi connectivity index (χ0v) is 33.3. The van der Waals surface area contributed by atoms with E-state index < -0.39 is 16.8 Å². The average molecular weight is 795 g/mol. The lowest BCUT2D eigenvalue weighted by molar-refractivity contribution is 0.0280. The number of rotatable bonds is 26. The van der Waals surface area contributed by atoms with E-state index in [0.29, 0.717) is 52.9 Å². The molecule has 4 aromatic carbocycles. The molecular formula is C43H55FN2O9S. The van der Waals surface area contributed by atoms with Gasteiger partial charge in [0, 0.05) is 25.5 Å². The summed E-state index contributed by atoms with van der Waals surface area (Å²) in [4.78, 5) is 0. The number of ether oxygens (including phenoxy) is 6. The molecule has 4 rings (SSSR count). The standard InChI is InChI=1S/C22H29NO6S.C21H26FNO3/c1-23-21-9-5-19(6-10-21)3-4-20-7-11-22(12-8-20)28-17-15-26-13-14-27-16-18-29-30(2,24)25;1-23-20-8-4-18(5-9-20)2-3-19-6-10-21(11-7-19)26-17-16-25-15-14-24-13-12-22/h3-12,23H,13-18H2,1-2H3;2-11,23H,12-17H2,1H3/b4-3+;3-2+. The Hall–Kier alpha value is -4.76. The second-order valence-corrected chi connectivity index (χ2v) is 13.6. The van der Waals surface area contributed by atoms with E-state index in [-0.39, 0.29) is 19.8 Å². The van der Waals surface area contributed by atoms with Crippen LogP contribution in [0.15, 0.2) is 97.1 Å². The van der Waals surface area contributed by atoms with Crippen LogP contribution in [0, 0.1) is 0 Å². The average Bonchev–Trinajstić information content (AvgIpc) is 3.22. The van der Waals surface area contributed by atoms with Gasteiger partial charge in [0.15, 0.2) is 0 Å². The van der Waals surface area contributed by atoms with E-state index in [1.807, 2.05) is 86.9 Å². The van der Waals surface area contributed by atoms with E-state index in [9.17, 15) is 12.8 Å². The molecule has 2 N–H and O–H groups in total. The quantitative estimate of drug-likeness (QED) is 0.0372. The van der Waals surface area contributed by atoms with Gasteiger partial charge in [0.25, 0.3) is 10.1 Å². The van der Waals surface area contributed by atoms with Gasteiger partial charge in [-0.2, -0.15) is 8.42 Å². The summed E-state index contributed by atoms with van der Waals surface area (Å²) in [6, 6.07) is 32.2. The lowest BCUT2D eigenvalue weighted by Gasteiger charge is -2.08. The van der Waals surface area contributed by atoms with E-state index in [1.165, 1.54) is 0 Å². The number of nitrogens with one attached hydrogen (secondary N) is 2.